The zero-order chi connectivity index (χ0) is 20.1. The molecular weight excluding hydrogens is 379 g/mol. The lowest BCUT2D eigenvalue weighted by molar-refractivity contribution is 0.0213. The van der Waals surface area contributed by atoms with Gasteiger partial charge in [0.05, 0.1) is 0 Å². The molecule has 0 saturated carbocycles. The van der Waals surface area contributed by atoms with Gasteiger partial charge in [0.25, 0.3) is 0 Å². The first kappa shape index (κ1) is 19.2. The van der Waals surface area contributed by atoms with Crippen LogP contribution in [0, 0.1) is 5.82 Å². The Balaban J connectivity index is 1.61. The molecule has 2 bridgehead atoms. The van der Waals surface area contributed by atoms with Crippen LogP contribution in [0.3, 0.4) is 0 Å². The molecule has 2 aliphatic heterocycles. The Labute approximate surface area is 169 Å². The number of carbonyl (C=O) groups excluding carboxylic acids is 1. The van der Waals surface area contributed by atoms with Gasteiger partial charge in [-0.25, -0.2) is 14.2 Å². The third-order valence-electron chi connectivity index (χ3n) is 5.58. The number of nitrogens with zero attached hydrogens (tertiary/aromatic N) is 2. The standard InChI is InChI=1S/C22H24ClFN2O2/c1-22(2,3)28-21(27)26-16-8-9-19(26)17(11-16)14-10-18(20(23)25-12-14)13-4-6-15(24)7-5-13/h4-7,10,12,16-17,19H,8-9,11H2,1-3H3/t16-,17?,19+/m0/s1. The number of fused-ring (bicyclic) bond motifs is 2. The second-order valence-electron chi connectivity index (χ2n) is 8.64. The molecule has 2 saturated heterocycles. The van der Waals surface area contributed by atoms with Crippen molar-refractivity contribution in [1.82, 2.24) is 9.88 Å². The maximum absolute atomic E-state index is 13.3. The van der Waals surface area contributed by atoms with Crippen LogP contribution in [-0.2, 0) is 4.74 Å². The first-order valence-corrected chi connectivity index (χ1v) is 10.0. The average molecular weight is 403 g/mol. The predicted octanol–water partition coefficient (Wildman–Crippen LogP) is 5.80. The van der Waals surface area contributed by atoms with Crippen LogP contribution in [0.2, 0.25) is 5.15 Å². The van der Waals surface area contributed by atoms with Gasteiger partial charge in [0.1, 0.15) is 16.6 Å². The number of benzene rings is 1. The van der Waals surface area contributed by atoms with Crippen molar-refractivity contribution in [3.05, 3.63) is 53.1 Å². The van der Waals surface area contributed by atoms with E-state index in [-0.39, 0.29) is 29.9 Å². The molecular formula is C22H24ClFN2O2. The smallest absolute Gasteiger partial charge is 0.410 e. The van der Waals surface area contributed by atoms with Gasteiger partial charge in [0.15, 0.2) is 0 Å². The monoisotopic (exact) mass is 402 g/mol. The fourth-order valence-electron chi connectivity index (χ4n) is 4.45. The maximum atomic E-state index is 13.3. The van der Waals surface area contributed by atoms with Crippen LogP contribution in [-0.4, -0.2) is 33.7 Å². The van der Waals surface area contributed by atoms with Gasteiger partial charge in [0.2, 0.25) is 0 Å². The lowest BCUT2D eigenvalue weighted by atomic mass is 9.84. The van der Waals surface area contributed by atoms with E-state index in [0.717, 1.165) is 36.0 Å². The quantitative estimate of drug-likeness (QED) is 0.596. The van der Waals surface area contributed by atoms with Crippen LogP contribution in [0.5, 0.6) is 0 Å². The van der Waals surface area contributed by atoms with E-state index in [1.54, 1.807) is 18.3 Å². The van der Waals surface area contributed by atoms with Crippen molar-refractivity contribution in [3.63, 3.8) is 0 Å². The average Bonchev–Trinajstić information content (AvgIpc) is 3.20. The summed E-state index contributed by atoms with van der Waals surface area (Å²) in [5.74, 6) is -0.0830. The molecule has 3 atom stereocenters. The van der Waals surface area contributed by atoms with Gasteiger partial charge in [-0.2, -0.15) is 0 Å². The minimum atomic E-state index is -0.508. The summed E-state index contributed by atoms with van der Waals surface area (Å²) in [6, 6.07) is 8.59. The van der Waals surface area contributed by atoms with Crippen molar-refractivity contribution in [2.45, 2.75) is 63.6 Å². The Bertz CT molecular complexity index is 894. The van der Waals surface area contributed by atoms with Crippen molar-refractivity contribution < 1.29 is 13.9 Å². The molecule has 2 fully saturated rings. The highest BCUT2D eigenvalue weighted by atomic mass is 35.5. The molecule has 1 aromatic heterocycles. The molecule has 28 heavy (non-hydrogen) atoms. The Morgan fingerprint density at radius 2 is 1.96 bits per heavy atom. The highest BCUT2D eigenvalue weighted by Crippen LogP contribution is 2.48. The number of rotatable bonds is 2. The zero-order valence-corrected chi connectivity index (χ0v) is 17.0. The Morgan fingerprint density at radius 1 is 1.25 bits per heavy atom. The Hall–Kier alpha value is -2.14. The lowest BCUT2D eigenvalue weighted by Crippen LogP contribution is -2.40. The number of aromatic nitrogens is 1. The van der Waals surface area contributed by atoms with Gasteiger partial charge in [0, 0.05) is 29.8 Å². The van der Waals surface area contributed by atoms with E-state index < -0.39 is 5.60 Å². The van der Waals surface area contributed by atoms with Gasteiger partial charge in [-0.15, -0.1) is 0 Å². The topological polar surface area (TPSA) is 42.4 Å². The summed E-state index contributed by atoms with van der Waals surface area (Å²) in [5.41, 5.74) is 2.16. The van der Waals surface area contributed by atoms with Crippen molar-refractivity contribution in [2.75, 3.05) is 0 Å². The molecule has 3 heterocycles. The van der Waals surface area contributed by atoms with Crippen molar-refractivity contribution in [2.24, 2.45) is 0 Å². The fraction of sp³-hybridized carbons (Fsp3) is 0.455. The Morgan fingerprint density at radius 3 is 2.64 bits per heavy atom. The van der Waals surface area contributed by atoms with Crippen LogP contribution >= 0.6 is 11.6 Å². The lowest BCUT2D eigenvalue weighted by Gasteiger charge is -2.28. The highest BCUT2D eigenvalue weighted by molar-refractivity contribution is 6.32. The number of halogens is 2. The maximum Gasteiger partial charge on any atom is 0.410 e. The summed E-state index contributed by atoms with van der Waals surface area (Å²) in [6.07, 6.45) is 4.43. The highest BCUT2D eigenvalue weighted by Gasteiger charge is 2.50. The van der Waals surface area contributed by atoms with Crippen molar-refractivity contribution in [3.8, 4) is 11.1 Å². The van der Waals surface area contributed by atoms with Crippen molar-refractivity contribution in [1.29, 1.82) is 0 Å². The zero-order valence-electron chi connectivity index (χ0n) is 16.3. The second kappa shape index (κ2) is 7.03. The van der Waals surface area contributed by atoms with Crippen LogP contribution in [0.15, 0.2) is 36.5 Å². The molecule has 4 rings (SSSR count). The normalized spacial score (nSPS) is 23.9. The van der Waals surface area contributed by atoms with Crippen LogP contribution in [0.4, 0.5) is 9.18 Å². The minimum absolute atomic E-state index is 0.115. The van der Waals surface area contributed by atoms with Gasteiger partial charge < -0.3 is 9.64 Å². The van der Waals surface area contributed by atoms with E-state index in [9.17, 15) is 9.18 Å². The third-order valence-corrected chi connectivity index (χ3v) is 5.89. The molecule has 148 valence electrons. The molecule has 6 heteroatoms. The second-order valence-corrected chi connectivity index (χ2v) is 9.00. The summed E-state index contributed by atoms with van der Waals surface area (Å²) in [5, 5.41) is 0.391. The third kappa shape index (κ3) is 3.60. The molecule has 1 unspecified atom stereocenters. The van der Waals surface area contributed by atoms with Crippen LogP contribution in [0.1, 0.15) is 51.5 Å². The summed E-state index contributed by atoms with van der Waals surface area (Å²) in [4.78, 5) is 19.0. The van der Waals surface area contributed by atoms with Gasteiger partial charge in [-0.1, -0.05) is 23.7 Å². The molecule has 2 aromatic rings. The molecule has 0 aliphatic carbocycles. The van der Waals surface area contributed by atoms with E-state index in [4.69, 9.17) is 16.3 Å². The van der Waals surface area contributed by atoms with E-state index in [2.05, 4.69) is 4.98 Å². The summed E-state index contributed by atoms with van der Waals surface area (Å²) < 4.78 is 18.9. The summed E-state index contributed by atoms with van der Waals surface area (Å²) in [7, 11) is 0. The predicted molar refractivity (Wildman–Crippen MR) is 107 cm³/mol. The number of hydrogen-bond donors (Lipinski definition) is 0. The first-order chi connectivity index (χ1) is 13.2. The van der Waals surface area contributed by atoms with Crippen LogP contribution < -0.4 is 0 Å². The number of pyridine rings is 1. The first-order valence-electron chi connectivity index (χ1n) is 9.65. The van der Waals surface area contributed by atoms with E-state index in [1.807, 2.05) is 31.7 Å². The molecule has 1 amide bonds. The molecule has 1 aromatic carbocycles. The molecule has 0 radical (unpaired) electrons. The molecule has 0 N–H and O–H groups in total. The van der Waals surface area contributed by atoms with Crippen molar-refractivity contribution >= 4 is 17.7 Å². The number of ether oxygens (including phenoxy) is 1. The Kier molecular flexibility index (Phi) is 4.82. The van der Waals surface area contributed by atoms with E-state index >= 15 is 0 Å². The molecule has 4 nitrogen and oxygen atoms in total. The van der Waals surface area contributed by atoms with Crippen LogP contribution in [0.25, 0.3) is 11.1 Å². The molecule has 0 spiro atoms. The number of hydrogen-bond acceptors (Lipinski definition) is 3. The molecule has 2 aliphatic rings. The largest absolute Gasteiger partial charge is 0.444 e. The summed E-state index contributed by atoms with van der Waals surface area (Å²) >= 11 is 6.32. The number of carbonyl (C=O) groups is 1. The van der Waals surface area contributed by atoms with Gasteiger partial charge in [-0.05, 0) is 69.4 Å². The van der Waals surface area contributed by atoms with Gasteiger partial charge in [-0.3, -0.25) is 0 Å². The van der Waals surface area contributed by atoms with E-state index in [0.29, 0.717) is 5.15 Å². The summed E-state index contributed by atoms with van der Waals surface area (Å²) in [6.45, 7) is 5.66. The minimum Gasteiger partial charge on any atom is -0.444 e. The fourth-order valence-corrected chi connectivity index (χ4v) is 4.66. The SMILES string of the molecule is CC(C)(C)OC(=O)N1[C@H]2CC[C@@H]1C(c1cnc(Cl)c(-c3ccc(F)cc3)c1)C2. The van der Waals surface area contributed by atoms with Gasteiger partial charge >= 0.3 is 6.09 Å². The number of amides is 1. The van der Waals surface area contributed by atoms with E-state index in [1.165, 1.54) is 12.1 Å².